The molecule has 1 rings (SSSR count). The van der Waals surface area contributed by atoms with Crippen LogP contribution in [-0.2, 0) is 0 Å². The van der Waals surface area contributed by atoms with Crippen LogP contribution < -0.4 is 10.6 Å². The summed E-state index contributed by atoms with van der Waals surface area (Å²) in [6, 6.07) is 0. The van der Waals surface area contributed by atoms with E-state index in [9.17, 15) is 0 Å². The molecule has 11 heavy (non-hydrogen) atoms. The van der Waals surface area contributed by atoms with E-state index in [0.29, 0.717) is 5.54 Å². The Bertz CT molecular complexity index is 101. The van der Waals surface area contributed by atoms with Crippen LogP contribution in [0.3, 0.4) is 0 Å². The monoisotopic (exact) mass is 156 g/mol. The molecule has 0 radical (unpaired) electrons. The lowest BCUT2D eigenvalue weighted by atomic mass is 9.82. The normalized spacial score (nSPS) is 23.5. The molecule has 0 aromatic rings. The molecule has 0 aromatic heterocycles. The molecular weight excluding hydrogens is 136 g/mol. The number of likely N-dealkylation sites (N-methyl/N-ethyl adjacent to an activating group) is 2. The smallest absolute Gasteiger partial charge is 0.0303 e. The first kappa shape index (κ1) is 9.01. The van der Waals surface area contributed by atoms with Gasteiger partial charge >= 0.3 is 0 Å². The molecule has 2 heteroatoms. The lowest BCUT2D eigenvalue weighted by Crippen LogP contribution is -2.51. The van der Waals surface area contributed by atoms with Gasteiger partial charge in [-0.25, -0.2) is 0 Å². The number of hydrogen-bond donors (Lipinski definition) is 2. The van der Waals surface area contributed by atoms with Crippen LogP contribution in [0.5, 0.6) is 0 Å². The Balaban J connectivity index is 2.42. The number of rotatable bonds is 3. The number of nitrogens with one attached hydrogen (secondary N) is 2. The summed E-state index contributed by atoms with van der Waals surface area (Å²) in [5.41, 5.74) is 0.410. The molecule has 0 aromatic carbocycles. The van der Waals surface area contributed by atoms with Gasteiger partial charge in [-0.05, 0) is 26.9 Å². The van der Waals surface area contributed by atoms with Crippen LogP contribution >= 0.6 is 0 Å². The van der Waals surface area contributed by atoms with Gasteiger partial charge in [-0.2, -0.15) is 0 Å². The van der Waals surface area contributed by atoms with Crippen LogP contribution in [0.25, 0.3) is 0 Å². The Labute approximate surface area is 69.8 Å². The fraction of sp³-hybridized carbons (Fsp3) is 1.00. The standard InChI is InChI=1S/C9H20N2/c1-10-8-9(11-2)6-4-3-5-7-9/h10-11H,3-8H2,1-2H3. The molecule has 0 heterocycles. The first-order chi connectivity index (χ1) is 5.33. The summed E-state index contributed by atoms with van der Waals surface area (Å²) in [5.74, 6) is 0. The molecule has 0 amide bonds. The highest BCUT2D eigenvalue weighted by atomic mass is 15.0. The predicted molar refractivity (Wildman–Crippen MR) is 48.8 cm³/mol. The summed E-state index contributed by atoms with van der Waals surface area (Å²) in [4.78, 5) is 0. The fourth-order valence-corrected chi connectivity index (χ4v) is 2.08. The second-order valence-electron chi connectivity index (χ2n) is 3.62. The molecule has 0 aliphatic heterocycles. The van der Waals surface area contributed by atoms with E-state index in [0.717, 1.165) is 6.54 Å². The molecule has 1 saturated carbocycles. The maximum Gasteiger partial charge on any atom is 0.0303 e. The number of hydrogen-bond acceptors (Lipinski definition) is 2. The molecule has 0 atom stereocenters. The third-order valence-electron chi connectivity index (χ3n) is 2.86. The molecule has 2 N–H and O–H groups in total. The summed E-state index contributed by atoms with van der Waals surface area (Å²) < 4.78 is 0. The Hall–Kier alpha value is -0.0800. The van der Waals surface area contributed by atoms with E-state index in [4.69, 9.17) is 0 Å². The van der Waals surface area contributed by atoms with Crippen molar-refractivity contribution in [1.82, 2.24) is 10.6 Å². The van der Waals surface area contributed by atoms with E-state index in [1.54, 1.807) is 0 Å². The Kier molecular flexibility index (Phi) is 3.34. The predicted octanol–water partition coefficient (Wildman–Crippen LogP) is 1.13. The van der Waals surface area contributed by atoms with Crippen LogP contribution in [0.1, 0.15) is 32.1 Å². The van der Waals surface area contributed by atoms with Crippen LogP contribution in [0, 0.1) is 0 Å². The van der Waals surface area contributed by atoms with Crippen molar-refractivity contribution < 1.29 is 0 Å². The van der Waals surface area contributed by atoms with Crippen molar-refractivity contribution in [2.75, 3.05) is 20.6 Å². The summed E-state index contributed by atoms with van der Waals surface area (Å²) >= 11 is 0. The minimum absolute atomic E-state index is 0.410. The summed E-state index contributed by atoms with van der Waals surface area (Å²) in [7, 11) is 4.12. The van der Waals surface area contributed by atoms with E-state index < -0.39 is 0 Å². The van der Waals surface area contributed by atoms with E-state index in [2.05, 4.69) is 17.7 Å². The summed E-state index contributed by atoms with van der Waals surface area (Å²) in [6.45, 7) is 1.11. The topological polar surface area (TPSA) is 24.1 Å². The van der Waals surface area contributed by atoms with Crippen molar-refractivity contribution in [3.63, 3.8) is 0 Å². The minimum atomic E-state index is 0.410. The van der Waals surface area contributed by atoms with Crippen LogP contribution in [0.4, 0.5) is 0 Å². The van der Waals surface area contributed by atoms with Gasteiger partial charge in [0.15, 0.2) is 0 Å². The zero-order chi connectivity index (χ0) is 8.16. The van der Waals surface area contributed by atoms with Gasteiger partial charge in [-0.15, -0.1) is 0 Å². The lowest BCUT2D eigenvalue weighted by molar-refractivity contribution is 0.242. The van der Waals surface area contributed by atoms with Crippen LogP contribution in [0.15, 0.2) is 0 Å². The third kappa shape index (κ3) is 2.17. The molecule has 0 saturated heterocycles. The molecule has 1 aliphatic rings. The Morgan fingerprint density at radius 1 is 1.09 bits per heavy atom. The second-order valence-corrected chi connectivity index (χ2v) is 3.62. The summed E-state index contributed by atoms with van der Waals surface area (Å²) in [5, 5.41) is 6.72. The van der Waals surface area contributed by atoms with Crippen LogP contribution in [0.2, 0.25) is 0 Å². The first-order valence-electron chi connectivity index (χ1n) is 4.66. The quantitative estimate of drug-likeness (QED) is 0.640. The average Bonchev–Trinajstić information content (AvgIpc) is 2.07. The molecule has 0 spiro atoms. The fourth-order valence-electron chi connectivity index (χ4n) is 2.08. The zero-order valence-electron chi connectivity index (χ0n) is 7.74. The van der Waals surface area contributed by atoms with Crippen molar-refractivity contribution in [3.05, 3.63) is 0 Å². The van der Waals surface area contributed by atoms with Crippen molar-refractivity contribution >= 4 is 0 Å². The van der Waals surface area contributed by atoms with Crippen molar-refractivity contribution in [1.29, 1.82) is 0 Å². The van der Waals surface area contributed by atoms with Crippen molar-refractivity contribution in [2.24, 2.45) is 0 Å². The van der Waals surface area contributed by atoms with Gasteiger partial charge in [-0.3, -0.25) is 0 Å². The van der Waals surface area contributed by atoms with E-state index in [-0.39, 0.29) is 0 Å². The lowest BCUT2D eigenvalue weighted by Gasteiger charge is -2.37. The van der Waals surface area contributed by atoms with Gasteiger partial charge in [-0.1, -0.05) is 19.3 Å². The van der Waals surface area contributed by atoms with E-state index in [1.165, 1.54) is 32.1 Å². The van der Waals surface area contributed by atoms with Gasteiger partial charge in [0.25, 0.3) is 0 Å². The molecule has 1 fully saturated rings. The molecular formula is C9H20N2. The Morgan fingerprint density at radius 3 is 2.18 bits per heavy atom. The largest absolute Gasteiger partial charge is 0.318 e. The second kappa shape index (κ2) is 4.07. The summed E-state index contributed by atoms with van der Waals surface area (Å²) in [6.07, 6.45) is 6.88. The van der Waals surface area contributed by atoms with Gasteiger partial charge in [0.2, 0.25) is 0 Å². The molecule has 66 valence electrons. The van der Waals surface area contributed by atoms with Gasteiger partial charge in [0, 0.05) is 12.1 Å². The minimum Gasteiger partial charge on any atom is -0.318 e. The van der Waals surface area contributed by atoms with Gasteiger partial charge in [0.05, 0.1) is 0 Å². The van der Waals surface area contributed by atoms with Crippen molar-refractivity contribution in [2.45, 2.75) is 37.6 Å². The molecule has 0 unspecified atom stereocenters. The molecule has 2 nitrogen and oxygen atoms in total. The maximum atomic E-state index is 3.46. The van der Waals surface area contributed by atoms with Crippen LogP contribution in [-0.4, -0.2) is 26.2 Å². The van der Waals surface area contributed by atoms with Crippen molar-refractivity contribution in [3.8, 4) is 0 Å². The molecule has 0 bridgehead atoms. The molecule has 1 aliphatic carbocycles. The Morgan fingerprint density at radius 2 is 1.73 bits per heavy atom. The third-order valence-corrected chi connectivity index (χ3v) is 2.86. The maximum absolute atomic E-state index is 3.46. The van der Waals surface area contributed by atoms with Gasteiger partial charge < -0.3 is 10.6 Å². The first-order valence-corrected chi connectivity index (χ1v) is 4.66. The SMILES string of the molecule is CNCC1(NC)CCCCC1. The van der Waals surface area contributed by atoms with E-state index in [1.807, 2.05) is 7.05 Å². The van der Waals surface area contributed by atoms with Gasteiger partial charge in [0.1, 0.15) is 0 Å². The zero-order valence-corrected chi connectivity index (χ0v) is 7.74. The highest BCUT2D eigenvalue weighted by Crippen LogP contribution is 2.26. The highest BCUT2D eigenvalue weighted by molar-refractivity contribution is 4.90. The average molecular weight is 156 g/mol. The highest BCUT2D eigenvalue weighted by Gasteiger charge is 2.28. The van der Waals surface area contributed by atoms with E-state index >= 15 is 0 Å².